The molecule has 0 amide bonds. The van der Waals surface area contributed by atoms with Gasteiger partial charge in [-0.05, 0) is 71.2 Å². The lowest BCUT2D eigenvalue weighted by Crippen LogP contribution is -2.09. The first-order valence-corrected chi connectivity index (χ1v) is 8.00. The summed E-state index contributed by atoms with van der Waals surface area (Å²) in [4.78, 5) is 12.3. The molecule has 2 aromatic rings. The first kappa shape index (κ1) is 17.5. The molecule has 0 aliphatic carbocycles. The van der Waals surface area contributed by atoms with Gasteiger partial charge < -0.3 is 14.2 Å². The number of hydrogen-bond acceptors (Lipinski definition) is 4. The Bertz CT molecular complexity index is 677. The van der Waals surface area contributed by atoms with Crippen molar-refractivity contribution in [2.24, 2.45) is 0 Å². The lowest BCUT2D eigenvalue weighted by atomic mass is 10.1. The minimum absolute atomic E-state index is 0.404. The second kappa shape index (κ2) is 8.13. The van der Waals surface area contributed by atoms with E-state index in [1.54, 1.807) is 25.3 Å². The van der Waals surface area contributed by atoms with E-state index in [9.17, 15) is 4.79 Å². The fraction of sp³-hybridized carbons (Fsp3) is 0.278. The maximum Gasteiger partial charge on any atom is 0.343 e. The van der Waals surface area contributed by atoms with Crippen LogP contribution < -0.4 is 9.47 Å². The minimum atomic E-state index is -0.404. The molecule has 0 atom stereocenters. The van der Waals surface area contributed by atoms with Crippen LogP contribution in [0.2, 0.25) is 0 Å². The van der Waals surface area contributed by atoms with Crippen LogP contribution in [0.15, 0.2) is 40.9 Å². The van der Waals surface area contributed by atoms with Gasteiger partial charge in [0.15, 0.2) is 0 Å². The van der Waals surface area contributed by atoms with E-state index >= 15 is 0 Å². The van der Waals surface area contributed by atoms with Gasteiger partial charge in [0.05, 0.1) is 16.6 Å². The van der Waals surface area contributed by atoms with Crippen LogP contribution in [0.5, 0.6) is 11.5 Å². The SMILES string of the molecule is COCCOc1ccc(C(=O)Oc2cc(C)cc(C)c2)cc1Br. The Morgan fingerprint density at radius 1 is 1.04 bits per heavy atom. The lowest BCUT2D eigenvalue weighted by molar-refractivity contribution is 0.0734. The number of carbonyl (C=O) groups excluding carboxylic acids is 1. The van der Waals surface area contributed by atoms with Gasteiger partial charge in [-0.15, -0.1) is 0 Å². The van der Waals surface area contributed by atoms with Crippen LogP contribution in [0.25, 0.3) is 0 Å². The van der Waals surface area contributed by atoms with Crippen LogP contribution in [0.1, 0.15) is 21.5 Å². The van der Waals surface area contributed by atoms with Gasteiger partial charge in [0.25, 0.3) is 0 Å². The van der Waals surface area contributed by atoms with E-state index in [0.717, 1.165) is 11.1 Å². The molecule has 0 heterocycles. The molecule has 0 saturated heterocycles. The first-order chi connectivity index (χ1) is 11.0. The number of halogens is 1. The molecule has 0 unspecified atom stereocenters. The van der Waals surface area contributed by atoms with Gasteiger partial charge in [0.2, 0.25) is 0 Å². The fourth-order valence-electron chi connectivity index (χ4n) is 2.14. The summed E-state index contributed by atoms with van der Waals surface area (Å²) in [5, 5.41) is 0. The quantitative estimate of drug-likeness (QED) is 0.426. The van der Waals surface area contributed by atoms with Gasteiger partial charge in [-0.25, -0.2) is 4.79 Å². The molecule has 122 valence electrons. The molecule has 23 heavy (non-hydrogen) atoms. The Morgan fingerprint density at radius 2 is 1.74 bits per heavy atom. The summed E-state index contributed by atoms with van der Waals surface area (Å²) in [7, 11) is 1.62. The van der Waals surface area contributed by atoms with Crippen molar-refractivity contribution in [1.82, 2.24) is 0 Å². The highest BCUT2D eigenvalue weighted by Crippen LogP contribution is 2.27. The summed E-state index contributed by atoms with van der Waals surface area (Å²) >= 11 is 3.40. The third-order valence-corrected chi connectivity index (χ3v) is 3.74. The molecule has 0 bridgehead atoms. The van der Waals surface area contributed by atoms with Gasteiger partial charge in [-0.2, -0.15) is 0 Å². The van der Waals surface area contributed by atoms with Crippen molar-refractivity contribution < 1.29 is 19.0 Å². The third kappa shape index (κ3) is 5.08. The van der Waals surface area contributed by atoms with E-state index in [0.29, 0.717) is 34.7 Å². The molecule has 0 N–H and O–H groups in total. The zero-order valence-corrected chi connectivity index (χ0v) is 15.0. The van der Waals surface area contributed by atoms with E-state index in [1.807, 2.05) is 32.0 Å². The largest absolute Gasteiger partial charge is 0.490 e. The average Bonchev–Trinajstić information content (AvgIpc) is 2.48. The molecule has 0 saturated carbocycles. The Morgan fingerprint density at radius 3 is 2.35 bits per heavy atom. The van der Waals surface area contributed by atoms with Crippen molar-refractivity contribution in [3.05, 3.63) is 57.6 Å². The number of methoxy groups -OCH3 is 1. The van der Waals surface area contributed by atoms with Crippen molar-refractivity contribution in [2.45, 2.75) is 13.8 Å². The van der Waals surface area contributed by atoms with E-state index in [2.05, 4.69) is 15.9 Å². The number of esters is 1. The monoisotopic (exact) mass is 378 g/mol. The number of rotatable bonds is 6. The van der Waals surface area contributed by atoms with Crippen molar-refractivity contribution in [2.75, 3.05) is 20.3 Å². The van der Waals surface area contributed by atoms with E-state index < -0.39 is 5.97 Å². The molecule has 0 fully saturated rings. The predicted molar refractivity (Wildman–Crippen MR) is 92.4 cm³/mol. The van der Waals surface area contributed by atoms with Crippen LogP contribution in [0, 0.1) is 13.8 Å². The highest BCUT2D eigenvalue weighted by molar-refractivity contribution is 9.10. The summed E-state index contributed by atoms with van der Waals surface area (Å²) in [5.74, 6) is 0.799. The molecule has 0 aliphatic rings. The van der Waals surface area contributed by atoms with Gasteiger partial charge >= 0.3 is 5.97 Å². The molecule has 0 aliphatic heterocycles. The molecule has 0 radical (unpaired) electrons. The van der Waals surface area contributed by atoms with Gasteiger partial charge in [-0.1, -0.05) is 6.07 Å². The number of hydrogen-bond donors (Lipinski definition) is 0. The predicted octanol–water partition coefficient (Wildman–Crippen LogP) is 4.31. The van der Waals surface area contributed by atoms with Gasteiger partial charge in [0.1, 0.15) is 18.1 Å². The first-order valence-electron chi connectivity index (χ1n) is 7.21. The zero-order chi connectivity index (χ0) is 16.8. The van der Waals surface area contributed by atoms with Crippen molar-refractivity contribution in [3.63, 3.8) is 0 Å². The van der Waals surface area contributed by atoms with Crippen molar-refractivity contribution in [3.8, 4) is 11.5 Å². The maximum atomic E-state index is 12.3. The van der Waals surface area contributed by atoms with Crippen LogP contribution in [-0.4, -0.2) is 26.3 Å². The highest BCUT2D eigenvalue weighted by Gasteiger charge is 2.12. The van der Waals surface area contributed by atoms with Crippen LogP contribution in [-0.2, 0) is 4.74 Å². The molecule has 4 nitrogen and oxygen atoms in total. The van der Waals surface area contributed by atoms with Crippen LogP contribution in [0.4, 0.5) is 0 Å². The number of ether oxygens (including phenoxy) is 3. The summed E-state index contributed by atoms with van der Waals surface area (Å²) in [5.41, 5.74) is 2.56. The minimum Gasteiger partial charge on any atom is -0.490 e. The molecular weight excluding hydrogens is 360 g/mol. The molecular formula is C18H19BrO4. The molecule has 0 aromatic heterocycles. The van der Waals surface area contributed by atoms with E-state index in [4.69, 9.17) is 14.2 Å². The lowest BCUT2D eigenvalue weighted by Gasteiger charge is -2.10. The van der Waals surface area contributed by atoms with Crippen LogP contribution >= 0.6 is 15.9 Å². The molecule has 2 rings (SSSR count). The number of aryl methyl sites for hydroxylation is 2. The van der Waals surface area contributed by atoms with Crippen molar-refractivity contribution in [1.29, 1.82) is 0 Å². The maximum absolute atomic E-state index is 12.3. The molecule has 5 heteroatoms. The summed E-state index contributed by atoms with van der Waals surface area (Å²) in [6.07, 6.45) is 0. The Labute approximate surface area is 144 Å². The summed E-state index contributed by atoms with van der Waals surface area (Å²) in [6.45, 7) is 4.88. The average molecular weight is 379 g/mol. The topological polar surface area (TPSA) is 44.8 Å². The zero-order valence-electron chi connectivity index (χ0n) is 13.4. The molecule has 0 spiro atoms. The van der Waals surface area contributed by atoms with Crippen molar-refractivity contribution >= 4 is 21.9 Å². The third-order valence-electron chi connectivity index (χ3n) is 3.12. The Hall–Kier alpha value is -1.85. The van der Waals surface area contributed by atoms with E-state index in [1.165, 1.54) is 0 Å². The molecule has 2 aromatic carbocycles. The second-order valence-corrected chi connectivity index (χ2v) is 6.05. The Kier molecular flexibility index (Phi) is 6.19. The smallest absolute Gasteiger partial charge is 0.343 e. The van der Waals surface area contributed by atoms with Crippen LogP contribution in [0.3, 0.4) is 0 Å². The fourth-order valence-corrected chi connectivity index (χ4v) is 2.63. The summed E-state index contributed by atoms with van der Waals surface area (Å²) in [6, 6.07) is 10.8. The second-order valence-electron chi connectivity index (χ2n) is 5.20. The van der Waals surface area contributed by atoms with E-state index in [-0.39, 0.29) is 0 Å². The number of carbonyl (C=O) groups is 1. The highest BCUT2D eigenvalue weighted by atomic mass is 79.9. The standard InChI is InChI=1S/C18H19BrO4/c1-12-8-13(2)10-15(9-12)23-18(20)14-4-5-17(16(19)11-14)22-7-6-21-3/h4-5,8-11H,6-7H2,1-3H3. The summed E-state index contributed by atoms with van der Waals surface area (Å²) < 4.78 is 16.6. The normalized spacial score (nSPS) is 10.4. The van der Waals surface area contributed by atoms with Gasteiger partial charge in [0, 0.05) is 7.11 Å². The Balaban J connectivity index is 2.08. The number of benzene rings is 2. The van der Waals surface area contributed by atoms with Gasteiger partial charge in [-0.3, -0.25) is 0 Å².